The van der Waals surface area contributed by atoms with Crippen molar-refractivity contribution in [1.82, 2.24) is 10.2 Å². The van der Waals surface area contributed by atoms with Crippen LogP contribution in [0.1, 0.15) is 29.5 Å². The van der Waals surface area contributed by atoms with Gasteiger partial charge in [0.25, 0.3) is 0 Å². The predicted octanol–water partition coefficient (Wildman–Crippen LogP) is 2.57. The second kappa shape index (κ2) is 6.11. The van der Waals surface area contributed by atoms with Crippen LogP contribution in [0.2, 0.25) is 0 Å². The highest BCUT2D eigenvalue weighted by molar-refractivity contribution is 7.15. The summed E-state index contributed by atoms with van der Waals surface area (Å²) in [6.45, 7) is 0.778. The summed E-state index contributed by atoms with van der Waals surface area (Å²) in [5.74, 6) is -0.0776. The first kappa shape index (κ1) is 13.2. The van der Waals surface area contributed by atoms with E-state index in [0.717, 1.165) is 30.0 Å². The Morgan fingerprint density at radius 1 is 1.35 bits per heavy atom. The van der Waals surface area contributed by atoms with Crippen molar-refractivity contribution in [3.05, 3.63) is 40.9 Å². The fourth-order valence-corrected chi connectivity index (χ4v) is 2.98. The van der Waals surface area contributed by atoms with Gasteiger partial charge >= 0.3 is 0 Å². The Bertz CT molecular complexity index is 579. The molecular formula is C14H15N3O2S. The van der Waals surface area contributed by atoms with Gasteiger partial charge in [-0.2, -0.15) is 0 Å². The maximum atomic E-state index is 11.9. The van der Waals surface area contributed by atoms with E-state index in [4.69, 9.17) is 4.74 Å². The highest BCUT2D eigenvalue weighted by Gasteiger charge is 2.22. The first-order chi connectivity index (χ1) is 9.81. The topological polar surface area (TPSA) is 64.1 Å². The Morgan fingerprint density at radius 2 is 2.20 bits per heavy atom. The molecule has 0 spiro atoms. The van der Waals surface area contributed by atoms with Crippen molar-refractivity contribution in [3.8, 4) is 0 Å². The second-order valence-electron chi connectivity index (χ2n) is 4.66. The van der Waals surface area contributed by atoms with Gasteiger partial charge in [-0.15, -0.1) is 10.2 Å². The summed E-state index contributed by atoms with van der Waals surface area (Å²) in [4.78, 5) is 11.9. The van der Waals surface area contributed by atoms with Crippen molar-refractivity contribution in [2.45, 2.75) is 25.4 Å². The molecule has 2 heterocycles. The van der Waals surface area contributed by atoms with Crippen LogP contribution in [0, 0.1) is 0 Å². The second-order valence-corrected chi connectivity index (χ2v) is 5.67. The fourth-order valence-electron chi connectivity index (χ4n) is 2.13. The number of hydrogen-bond acceptors (Lipinski definition) is 5. The van der Waals surface area contributed by atoms with Crippen LogP contribution in [0.5, 0.6) is 0 Å². The summed E-state index contributed by atoms with van der Waals surface area (Å²) in [5, 5.41) is 12.3. The van der Waals surface area contributed by atoms with Gasteiger partial charge in [0.15, 0.2) is 0 Å². The van der Waals surface area contributed by atoms with Crippen molar-refractivity contribution >= 4 is 22.4 Å². The van der Waals surface area contributed by atoms with Gasteiger partial charge in [0.05, 0.1) is 6.42 Å². The van der Waals surface area contributed by atoms with Gasteiger partial charge in [-0.05, 0) is 18.4 Å². The maximum Gasteiger partial charge on any atom is 0.230 e. The van der Waals surface area contributed by atoms with Crippen LogP contribution in [0.4, 0.5) is 5.13 Å². The van der Waals surface area contributed by atoms with Gasteiger partial charge in [-0.25, -0.2) is 0 Å². The molecule has 104 valence electrons. The number of nitrogens with one attached hydrogen (secondary N) is 1. The zero-order chi connectivity index (χ0) is 13.8. The molecule has 2 aromatic rings. The number of hydrogen-bond donors (Lipinski definition) is 1. The summed E-state index contributed by atoms with van der Waals surface area (Å²) in [6.07, 6.45) is 2.43. The van der Waals surface area contributed by atoms with E-state index >= 15 is 0 Å². The molecule has 1 unspecified atom stereocenters. The first-order valence-electron chi connectivity index (χ1n) is 6.60. The number of amides is 1. The Labute approximate surface area is 121 Å². The van der Waals surface area contributed by atoms with Gasteiger partial charge in [0, 0.05) is 6.61 Å². The smallest absolute Gasteiger partial charge is 0.230 e. The molecule has 1 aliphatic rings. The minimum atomic E-state index is -0.0776. The van der Waals surface area contributed by atoms with Crippen LogP contribution in [-0.4, -0.2) is 22.7 Å². The zero-order valence-electron chi connectivity index (χ0n) is 10.9. The molecule has 1 N–H and O–H groups in total. The molecule has 0 aliphatic carbocycles. The van der Waals surface area contributed by atoms with Gasteiger partial charge in [-0.1, -0.05) is 41.7 Å². The molecule has 1 atom stereocenters. The molecule has 1 aromatic carbocycles. The average molecular weight is 289 g/mol. The number of rotatable bonds is 4. The largest absolute Gasteiger partial charge is 0.371 e. The normalized spacial score (nSPS) is 18.1. The Kier molecular flexibility index (Phi) is 4.03. The number of aromatic nitrogens is 2. The fraction of sp³-hybridized carbons (Fsp3) is 0.357. The molecule has 0 bridgehead atoms. The monoisotopic (exact) mass is 289 g/mol. The third kappa shape index (κ3) is 3.20. The molecule has 1 aliphatic heterocycles. The lowest BCUT2D eigenvalue weighted by Gasteiger charge is -2.02. The van der Waals surface area contributed by atoms with E-state index < -0.39 is 0 Å². The molecule has 20 heavy (non-hydrogen) atoms. The number of carbonyl (C=O) groups is 1. The standard InChI is InChI=1S/C14H15N3O2S/c18-12(9-10-5-2-1-3-6-10)15-14-17-16-13(20-14)11-7-4-8-19-11/h1-3,5-6,11H,4,7-9H2,(H,15,17,18). The van der Waals surface area contributed by atoms with Gasteiger partial charge in [-0.3, -0.25) is 4.79 Å². The van der Waals surface area contributed by atoms with Crippen LogP contribution in [0.3, 0.4) is 0 Å². The van der Waals surface area contributed by atoms with E-state index in [0.29, 0.717) is 11.6 Å². The van der Waals surface area contributed by atoms with Crippen molar-refractivity contribution < 1.29 is 9.53 Å². The summed E-state index contributed by atoms with van der Waals surface area (Å²) < 4.78 is 5.55. The molecule has 1 saturated heterocycles. The Balaban J connectivity index is 1.59. The van der Waals surface area contributed by atoms with Crippen LogP contribution >= 0.6 is 11.3 Å². The van der Waals surface area contributed by atoms with Gasteiger partial charge < -0.3 is 10.1 Å². The zero-order valence-corrected chi connectivity index (χ0v) is 11.7. The van der Waals surface area contributed by atoms with Gasteiger partial charge in [0.2, 0.25) is 11.0 Å². The minimum Gasteiger partial charge on any atom is -0.371 e. The lowest BCUT2D eigenvalue weighted by atomic mass is 10.1. The minimum absolute atomic E-state index is 0.0484. The molecule has 3 rings (SSSR count). The molecule has 1 aromatic heterocycles. The highest BCUT2D eigenvalue weighted by atomic mass is 32.1. The third-order valence-corrected chi connectivity index (χ3v) is 4.03. The Morgan fingerprint density at radius 3 is 2.95 bits per heavy atom. The Hall–Kier alpha value is -1.79. The number of anilines is 1. The molecule has 1 fully saturated rings. The average Bonchev–Trinajstić information content (AvgIpc) is 3.10. The third-order valence-electron chi connectivity index (χ3n) is 3.10. The summed E-state index contributed by atoms with van der Waals surface area (Å²) in [7, 11) is 0. The summed E-state index contributed by atoms with van der Waals surface area (Å²) in [6, 6.07) is 9.63. The molecular weight excluding hydrogens is 274 g/mol. The van der Waals surface area contributed by atoms with Crippen molar-refractivity contribution in [3.63, 3.8) is 0 Å². The van der Waals surface area contributed by atoms with E-state index in [-0.39, 0.29) is 12.0 Å². The van der Waals surface area contributed by atoms with Crippen molar-refractivity contribution in [2.75, 3.05) is 11.9 Å². The van der Waals surface area contributed by atoms with Crippen molar-refractivity contribution in [1.29, 1.82) is 0 Å². The van der Waals surface area contributed by atoms with E-state index in [1.54, 1.807) is 0 Å². The lowest BCUT2D eigenvalue weighted by molar-refractivity contribution is -0.115. The van der Waals surface area contributed by atoms with Crippen LogP contribution in [-0.2, 0) is 16.0 Å². The van der Waals surface area contributed by atoms with E-state index in [2.05, 4.69) is 15.5 Å². The maximum absolute atomic E-state index is 11.9. The molecule has 1 amide bonds. The summed E-state index contributed by atoms with van der Waals surface area (Å²) >= 11 is 1.39. The number of carbonyl (C=O) groups excluding carboxylic acids is 1. The SMILES string of the molecule is O=C(Cc1ccccc1)Nc1nnc(C2CCCO2)s1. The van der Waals surface area contributed by atoms with Gasteiger partial charge in [0.1, 0.15) is 11.1 Å². The lowest BCUT2D eigenvalue weighted by Crippen LogP contribution is -2.14. The first-order valence-corrected chi connectivity index (χ1v) is 7.42. The summed E-state index contributed by atoms with van der Waals surface area (Å²) in [5.41, 5.74) is 0.980. The van der Waals surface area contributed by atoms with E-state index in [1.165, 1.54) is 11.3 Å². The van der Waals surface area contributed by atoms with E-state index in [9.17, 15) is 4.79 Å². The highest BCUT2D eigenvalue weighted by Crippen LogP contribution is 2.31. The molecule has 0 radical (unpaired) electrons. The predicted molar refractivity (Wildman–Crippen MR) is 76.6 cm³/mol. The molecule has 5 nitrogen and oxygen atoms in total. The van der Waals surface area contributed by atoms with E-state index in [1.807, 2.05) is 30.3 Å². The molecule has 6 heteroatoms. The van der Waals surface area contributed by atoms with Crippen LogP contribution < -0.4 is 5.32 Å². The molecule has 0 saturated carbocycles. The van der Waals surface area contributed by atoms with Crippen LogP contribution in [0.25, 0.3) is 0 Å². The van der Waals surface area contributed by atoms with Crippen molar-refractivity contribution in [2.24, 2.45) is 0 Å². The number of ether oxygens (including phenoxy) is 1. The van der Waals surface area contributed by atoms with Crippen LogP contribution in [0.15, 0.2) is 30.3 Å². The number of nitrogens with zero attached hydrogens (tertiary/aromatic N) is 2. The quantitative estimate of drug-likeness (QED) is 0.939. The number of benzene rings is 1.